The van der Waals surface area contributed by atoms with E-state index in [1.807, 2.05) is 41.5 Å². The summed E-state index contributed by atoms with van der Waals surface area (Å²) in [7, 11) is -3.87. The maximum absolute atomic E-state index is 12.3. The summed E-state index contributed by atoms with van der Waals surface area (Å²) in [6.45, 7) is 13.6. The first-order valence-electron chi connectivity index (χ1n) is 7.16. The normalized spacial score (nSPS) is 15.8. The maximum atomic E-state index is 12.3. The molecule has 0 spiro atoms. The fourth-order valence-electron chi connectivity index (χ4n) is 2.18. The van der Waals surface area contributed by atoms with Crippen LogP contribution in [0.2, 0.25) is 0 Å². The molecular weight excluding hydrogens is 287 g/mol. The largest absolute Gasteiger partial charge is 0.507 e. The average Bonchev–Trinajstić information content (AvgIpc) is 2.25. The summed E-state index contributed by atoms with van der Waals surface area (Å²) < 4.78 is 17.4. The van der Waals surface area contributed by atoms with Gasteiger partial charge in [0.05, 0.1) is 11.9 Å². The van der Waals surface area contributed by atoms with Crippen molar-refractivity contribution in [2.24, 2.45) is 0 Å². The minimum atomic E-state index is -3.87. The highest BCUT2D eigenvalue weighted by Gasteiger charge is 2.31. The van der Waals surface area contributed by atoms with Crippen molar-refractivity contribution in [1.82, 2.24) is 0 Å². The van der Waals surface area contributed by atoms with E-state index in [1.54, 1.807) is 19.1 Å². The van der Waals surface area contributed by atoms with Crippen molar-refractivity contribution in [2.75, 3.05) is 6.61 Å². The summed E-state index contributed by atoms with van der Waals surface area (Å²) in [5.41, 5.74) is 0.622. The van der Waals surface area contributed by atoms with Gasteiger partial charge >= 0.3 is 7.60 Å². The van der Waals surface area contributed by atoms with Gasteiger partial charge in [0.15, 0.2) is 0 Å². The molecule has 0 bridgehead atoms. The molecule has 21 heavy (non-hydrogen) atoms. The Hall–Kier alpha value is -0.830. The van der Waals surface area contributed by atoms with Crippen LogP contribution in [0, 0.1) is 0 Å². The van der Waals surface area contributed by atoms with Gasteiger partial charge in [0.2, 0.25) is 0 Å². The summed E-state index contributed by atoms with van der Waals surface area (Å²) in [5, 5.41) is 10.8. The summed E-state index contributed by atoms with van der Waals surface area (Å²) >= 11 is 0. The fourth-order valence-corrected chi connectivity index (χ4v) is 3.26. The van der Waals surface area contributed by atoms with Gasteiger partial charge in [-0.05, 0) is 29.9 Å². The Bertz CT molecular complexity index is 530. The van der Waals surface area contributed by atoms with Crippen LogP contribution in [0.3, 0.4) is 0 Å². The fraction of sp³-hybridized carbons (Fsp3) is 0.625. The van der Waals surface area contributed by atoms with Crippen LogP contribution in [0.15, 0.2) is 12.1 Å². The van der Waals surface area contributed by atoms with Gasteiger partial charge in [-0.2, -0.15) is 0 Å². The zero-order valence-electron chi connectivity index (χ0n) is 14.0. The maximum Gasteiger partial charge on any atom is 0.358 e. The van der Waals surface area contributed by atoms with Crippen LogP contribution in [0.1, 0.15) is 59.6 Å². The van der Waals surface area contributed by atoms with E-state index in [4.69, 9.17) is 4.52 Å². The van der Waals surface area contributed by atoms with Crippen LogP contribution in [0.4, 0.5) is 0 Å². The number of benzene rings is 1. The molecule has 120 valence electrons. The highest BCUT2D eigenvalue weighted by atomic mass is 31.2. The molecule has 0 aliphatic carbocycles. The lowest BCUT2D eigenvalue weighted by Gasteiger charge is -2.28. The zero-order valence-corrected chi connectivity index (χ0v) is 14.9. The predicted molar refractivity (Wildman–Crippen MR) is 86.6 cm³/mol. The van der Waals surface area contributed by atoms with E-state index in [1.165, 1.54) is 0 Å². The third-order valence-electron chi connectivity index (χ3n) is 3.34. The molecule has 0 fully saturated rings. The number of aromatic hydroxyl groups is 1. The van der Waals surface area contributed by atoms with Crippen LogP contribution in [-0.4, -0.2) is 16.6 Å². The monoisotopic (exact) mass is 314 g/mol. The lowest BCUT2D eigenvalue weighted by atomic mass is 9.79. The Morgan fingerprint density at radius 1 is 1.05 bits per heavy atom. The highest BCUT2D eigenvalue weighted by Crippen LogP contribution is 2.45. The van der Waals surface area contributed by atoms with E-state index in [9.17, 15) is 14.6 Å². The van der Waals surface area contributed by atoms with Gasteiger partial charge in [0.1, 0.15) is 5.75 Å². The van der Waals surface area contributed by atoms with Crippen molar-refractivity contribution in [2.45, 2.75) is 59.3 Å². The molecule has 0 aliphatic rings. The van der Waals surface area contributed by atoms with Gasteiger partial charge in [-0.1, -0.05) is 41.5 Å². The Labute approximate surface area is 127 Å². The molecule has 0 radical (unpaired) electrons. The molecule has 1 unspecified atom stereocenters. The molecule has 0 heterocycles. The van der Waals surface area contributed by atoms with Crippen molar-refractivity contribution in [3.8, 4) is 5.75 Å². The van der Waals surface area contributed by atoms with E-state index in [-0.39, 0.29) is 28.5 Å². The molecule has 4 nitrogen and oxygen atoms in total. The Morgan fingerprint density at radius 2 is 1.43 bits per heavy atom. The van der Waals surface area contributed by atoms with Crippen molar-refractivity contribution < 1.29 is 19.1 Å². The van der Waals surface area contributed by atoms with E-state index in [0.717, 1.165) is 0 Å². The Balaban J connectivity index is 3.67. The molecule has 0 amide bonds. The molecule has 0 aromatic heterocycles. The number of phenolic OH excluding ortho intramolecular Hbond substituents is 1. The second kappa shape index (κ2) is 5.75. The minimum absolute atomic E-state index is 0.157. The second-order valence-corrected chi connectivity index (χ2v) is 9.14. The summed E-state index contributed by atoms with van der Waals surface area (Å²) in [4.78, 5) is 10.1. The molecule has 0 aliphatic heterocycles. The zero-order chi connectivity index (χ0) is 16.6. The topological polar surface area (TPSA) is 66.8 Å². The van der Waals surface area contributed by atoms with Gasteiger partial charge in [-0.15, -0.1) is 0 Å². The number of rotatable bonds is 3. The Morgan fingerprint density at radius 3 is 1.71 bits per heavy atom. The summed E-state index contributed by atoms with van der Waals surface area (Å²) in [6, 6.07) is 3.17. The van der Waals surface area contributed by atoms with Crippen LogP contribution >= 0.6 is 7.60 Å². The lowest BCUT2D eigenvalue weighted by Crippen LogP contribution is -2.22. The molecule has 1 atom stereocenters. The van der Waals surface area contributed by atoms with Gasteiger partial charge in [0, 0.05) is 11.1 Å². The van der Waals surface area contributed by atoms with E-state index >= 15 is 0 Å². The van der Waals surface area contributed by atoms with E-state index in [0.29, 0.717) is 11.1 Å². The summed E-state index contributed by atoms with van der Waals surface area (Å²) in [6.07, 6.45) is 0. The molecule has 1 rings (SSSR count). The lowest BCUT2D eigenvalue weighted by molar-refractivity contribution is 0.284. The summed E-state index contributed by atoms with van der Waals surface area (Å²) in [5.74, 6) is 0.190. The number of phenols is 1. The van der Waals surface area contributed by atoms with Gasteiger partial charge in [-0.25, -0.2) is 0 Å². The standard InChI is InChI=1S/C16H27O4P/c1-8-20-21(18,19)11-9-12(15(2,3)4)14(17)13(10-11)16(5,6)7/h9-10,17H,8H2,1-7H3,(H,18,19). The highest BCUT2D eigenvalue weighted by molar-refractivity contribution is 7.61. The number of hydrogen-bond acceptors (Lipinski definition) is 3. The average molecular weight is 314 g/mol. The van der Waals surface area contributed by atoms with Crippen molar-refractivity contribution in [3.05, 3.63) is 23.3 Å². The molecular formula is C16H27O4P. The smallest absolute Gasteiger partial charge is 0.358 e. The van der Waals surface area contributed by atoms with Gasteiger partial charge in [0.25, 0.3) is 0 Å². The molecule has 2 N–H and O–H groups in total. The molecule has 0 saturated carbocycles. The van der Waals surface area contributed by atoms with Crippen LogP contribution in [0.25, 0.3) is 0 Å². The van der Waals surface area contributed by atoms with Crippen molar-refractivity contribution in [1.29, 1.82) is 0 Å². The first-order valence-corrected chi connectivity index (χ1v) is 8.74. The van der Waals surface area contributed by atoms with Crippen LogP contribution < -0.4 is 5.30 Å². The molecule has 0 saturated heterocycles. The number of hydrogen-bond donors (Lipinski definition) is 2. The van der Waals surface area contributed by atoms with E-state index < -0.39 is 7.60 Å². The van der Waals surface area contributed by atoms with Crippen molar-refractivity contribution >= 4 is 12.9 Å². The van der Waals surface area contributed by atoms with Crippen LogP contribution in [-0.2, 0) is 19.9 Å². The van der Waals surface area contributed by atoms with Gasteiger partial charge in [-0.3, -0.25) is 4.57 Å². The van der Waals surface area contributed by atoms with Gasteiger partial charge < -0.3 is 14.5 Å². The predicted octanol–water partition coefficient (Wildman–Crippen LogP) is 3.83. The van der Waals surface area contributed by atoms with Crippen LogP contribution in [0.5, 0.6) is 5.75 Å². The second-order valence-electron chi connectivity index (χ2n) is 7.33. The minimum Gasteiger partial charge on any atom is -0.507 e. The first-order chi connectivity index (χ1) is 9.30. The Kier molecular flexibility index (Phi) is 4.99. The molecule has 1 aromatic carbocycles. The molecule has 1 aromatic rings. The first kappa shape index (κ1) is 18.2. The third kappa shape index (κ3) is 4.09. The third-order valence-corrected chi connectivity index (χ3v) is 4.86. The van der Waals surface area contributed by atoms with E-state index in [2.05, 4.69) is 0 Å². The quantitative estimate of drug-likeness (QED) is 0.832. The van der Waals surface area contributed by atoms with Crippen molar-refractivity contribution in [3.63, 3.8) is 0 Å². The SMILES string of the molecule is CCOP(=O)(O)c1cc(C(C)(C)C)c(O)c(C(C)(C)C)c1. The molecule has 5 heteroatoms.